The van der Waals surface area contributed by atoms with Gasteiger partial charge in [0.2, 0.25) is 0 Å². The summed E-state index contributed by atoms with van der Waals surface area (Å²) in [5.74, 6) is -0.00895. The summed E-state index contributed by atoms with van der Waals surface area (Å²) < 4.78 is 6.45. The fourth-order valence-electron chi connectivity index (χ4n) is 1.67. The van der Waals surface area contributed by atoms with Gasteiger partial charge < -0.3 is 4.42 Å². The van der Waals surface area contributed by atoms with E-state index in [4.69, 9.17) is 16.0 Å². The molecule has 0 N–H and O–H groups in total. The molecular weight excluding hydrogens is 256 g/mol. The summed E-state index contributed by atoms with van der Waals surface area (Å²) in [5, 5.41) is 7.89. The maximum absolute atomic E-state index is 11.4. The predicted molar refractivity (Wildman–Crippen MR) is 65.3 cm³/mol. The Balaban J connectivity index is 2.25. The van der Waals surface area contributed by atoms with E-state index >= 15 is 0 Å². The standard InChI is InChI=1S/C11H7ClN4O2/c1-16-7-4-6(2-3-8(7)18-11(16)17)10-14-9(12)5-13-15-10/h2-5H,1H3. The quantitative estimate of drug-likeness (QED) is 0.666. The van der Waals surface area contributed by atoms with Crippen LogP contribution in [0.15, 0.2) is 33.6 Å². The fourth-order valence-corrected chi connectivity index (χ4v) is 1.80. The Labute approximate surface area is 106 Å². The molecule has 0 saturated carbocycles. The van der Waals surface area contributed by atoms with Gasteiger partial charge in [0.1, 0.15) is 0 Å². The lowest BCUT2D eigenvalue weighted by Crippen LogP contribution is -2.08. The van der Waals surface area contributed by atoms with Crippen LogP contribution in [0, 0.1) is 0 Å². The van der Waals surface area contributed by atoms with Crippen LogP contribution in [-0.2, 0) is 7.05 Å². The van der Waals surface area contributed by atoms with E-state index < -0.39 is 5.76 Å². The molecule has 0 aliphatic heterocycles. The fraction of sp³-hybridized carbons (Fsp3) is 0.0909. The molecule has 0 spiro atoms. The number of halogens is 1. The number of fused-ring (bicyclic) bond motifs is 1. The smallest absolute Gasteiger partial charge is 0.408 e. The van der Waals surface area contributed by atoms with E-state index in [2.05, 4.69) is 15.2 Å². The van der Waals surface area contributed by atoms with Crippen molar-refractivity contribution >= 4 is 22.7 Å². The van der Waals surface area contributed by atoms with Gasteiger partial charge in [0.15, 0.2) is 16.6 Å². The molecule has 0 saturated heterocycles. The SMILES string of the molecule is Cn1c(=O)oc2ccc(-c3nncc(Cl)n3)cc21. The molecule has 2 heterocycles. The predicted octanol–water partition coefficient (Wildman–Crippen LogP) is 1.64. The van der Waals surface area contributed by atoms with Gasteiger partial charge >= 0.3 is 5.76 Å². The van der Waals surface area contributed by atoms with Crippen molar-refractivity contribution < 1.29 is 4.42 Å². The number of aromatic nitrogens is 4. The molecular formula is C11H7ClN4O2. The first-order valence-corrected chi connectivity index (χ1v) is 5.48. The lowest BCUT2D eigenvalue weighted by molar-refractivity contribution is 0.528. The van der Waals surface area contributed by atoms with E-state index in [0.29, 0.717) is 22.5 Å². The van der Waals surface area contributed by atoms with Crippen molar-refractivity contribution in [2.45, 2.75) is 0 Å². The third-order valence-electron chi connectivity index (χ3n) is 2.58. The van der Waals surface area contributed by atoms with E-state index in [1.54, 1.807) is 25.2 Å². The van der Waals surface area contributed by atoms with Crippen LogP contribution in [0.4, 0.5) is 0 Å². The third kappa shape index (κ3) is 1.67. The average molecular weight is 263 g/mol. The maximum atomic E-state index is 11.4. The first-order chi connectivity index (χ1) is 8.65. The number of aryl methyl sites for hydroxylation is 1. The monoisotopic (exact) mass is 262 g/mol. The van der Waals surface area contributed by atoms with Crippen molar-refractivity contribution in [1.82, 2.24) is 19.7 Å². The van der Waals surface area contributed by atoms with Crippen LogP contribution in [0.25, 0.3) is 22.5 Å². The first-order valence-electron chi connectivity index (χ1n) is 5.10. The summed E-state index contributed by atoms with van der Waals surface area (Å²) in [5.41, 5.74) is 1.90. The Hall–Kier alpha value is -2.21. The van der Waals surface area contributed by atoms with Crippen molar-refractivity contribution in [3.05, 3.63) is 40.1 Å². The largest absolute Gasteiger partial charge is 0.419 e. The second kappa shape index (κ2) is 3.92. The minimum absolute atomic E-state index is 0.265. The Morgan fingerprint density at radius 2 is 2.22 bits per heavy atom. The molecule has 90 valence electrons. The van der Waals surface area contributed by atoms with Gasteiger partial charge in [-0.3, -0.25) is 4.57 Å². The highest BCUT2D eigenvalue weighted by molar-refractivity contribution is 6.29. The lowest BCUT2D eigenvalue weighted by atomic mass is 10.2. The number of oxazole rings is 1. The molecule has 0 bridgehead atoms. The molecule has 7 heteroatoms. The molecule has 0 unspecified atom stereocenters. The third-order valence-corrected chi connectivity index (χ3v) is 2.76. The van der Waals surface area contributed by atoms with Gasteiger partial charge in [0, 0.05) is 12.6 Å². The van der Waals surface area contributed by atoms with Crippen molar-refractivity contribution in [1.29, 1.82) is 0 Å². The van der Waals surface area contributed by atoms with Crippen LogP contribution >= 0.6 is 11.6 Å². The van der Waals surface area contributed by atoms with Gasteiger partial charge in [-0.05, 0) is 18.2 Å². The zero-order chi connectivity index (χ0) is 12.7. The molecule has 3 aromatic rings. The minimum Gasteiger partial charge on any atom is -0.408 e. The number of nitrogens with zero attached hydrogens (tertiary/aromatic N) is 4. The first kappa shape index (κ1) is 10.9. The van der Waals surface area contributed by atoms with Gasteiger partial charge in [0.05, 0.1) is 11.7 Å². The molecule has 2 aromatic heterocycles. The molecule has 0 radical (unpaired) electrons. The summed E-state index contributed by atoms with van der Waals surface area (Å²) >= 11 is 5.76. The maximum Gasteiger partial charge on any atom is 0.419 e. The summed E-state index contributed by atoms with van der Waals surface area (Å²) in [4.78, 5) is 15.4. The molecule has 0 amide bonds. The minimum atomic E-state index is -0.410. The zero-order valence-corrected chi connectivity index (χ0v) is 10.0. The Morgan fingerprint density at radius 1 is 1.39 bits per heavy atom. The highest BCUT2D eigenvalue weighted by Crippen LogP contribution is 2.21. The highest BCUT2D eigenvalue weighted by Gasteiger charge is 2.09. The van der Waals surface area contributed by atoms with Gasteiger partial charge in [-0.2, -0.15) is 5.10 Å². The molecule has 1 aromatic carbocycles. The number of rotatable bonds is 1. The van der Waals surface area contributed by atoms with Crippen LogP contribution < -0.4 is 5.76 Å². The number of hydrogen-bond donors (Lipinski definition) is 0. The summed E-state index contributed by atoms with van der Waals surface area (Å²) in [6.45, 7) is 0. The van der Waals surface area contributed by atoms with Crippen molar-refractivity contribution in [2.75, 3.05) is 0 Å². The Morgan fingerprint density at radius 3 is 3.00 bits per heavy atom. The van der Waals surface area contributed by atoms with Crippen LogP contribution in [0.3, 0.4) is 0 Å². The van der Waals surface area contributed by atoms with Crippen LogP contribution in [0.2, 0.25) is 5.15 Å². The van der Waals surface area contributed by atoms with Gasteiger partial charge in [0.25, 0.3) is 0 Å². The Bertz CT molecular complexity index is 793. The second-order valence-corrected chi connectivity index (χ2v) is 4.10. The lowest BCUT2D eigenvalue weighted by Gasteiger charge is -1.99. The van der Waals surface area contributed by atoms with E-state index in [9.17, 15) is 4.79 Å². The topological polar surface area (TPSA) is 73.8 Å². The Kier molecular flexibility index (Phi) is 2.38. The molecule has 0 atom stereocenters. The molecule has 0 fully saturated rings. The normalized spacial score (nSPS) is 11.0. The van der Waals surface area contributed by atoms with Crippen molar-refractivity contribution in [3.63, 3.8) is 0 Å². The summed E-state index contributed by atoms with van der Waals surface area (Å²) in [7, 11) is 1.63. The van der Waals surface area contributed by atoms with E-state index in [0.717, 1.165) is 0 Å². The highest BCUT2D eigenvalue weighted by atomic mass is 35.5. The van der Waals surface area contributed by atoms with Crippen molar-refractivity contribution in [3.8, 4) is 11.4 Å². The van der Waals surface area contributed by atoms with E-state index in [1.165, 1.54) is 10.8 Å². The van der Waals surface area contributed by atoms with Crippen molar-refractivity contribution in [2.24, 2.45) is 7.05 Å². The van der Waals surface area contributed by atoms with Crippen LogP contribution in [0.1, 0.15) is 0 Å². The average Bonchev–Trinajstić information content (AvgIpc) is 2.65. The van der Waals surface area contributed by atoms with E-state index in [-0.39, 0.29) is 5.15 Å². The summed E-state index contributed by atoms with van der Waals surface area (Å²) in [6.07, 6.45) is 1.36. The van der Waals surface area contributed by atoms with Crippen LogP contribution in [-0.4, -0.2) is 19.7 Å². The molecule has 3 rings (SSSR count). The molecule has 0 aliphatic rings. The zero-order valence-electron chi connectivity index (χ0n) is 9.29. The van der Waals surface area contributed by atoms with Gasteiger partial charge in [-0.25, -0.2) is 9.78 Å². The molecule has 18 heavy (non-hydrogen) atoms. The van der Waals surface area contributed by atoms with E-state index in [1.807, 2.05) is 0 Å². The van der Waals surface area contributed by atoms with Crippen LogP contribution in [0.5, 0.6) is 0 Å². The number of hydrogen-bond acceptors (Lipinski definition) is 5. The van der Waals surface area contributed by atoms with Gasteiger partial charge in [-0.1, -0.05) is 11.6 Å². The molecule has 0 aliphatic carbocycles. The van der Waals surface area contributed by atoms with Gasteiger partial charge in [-0.15, -0.1) is 5.10 Å². The molecule has 6 nitrogen and oxygen atoms in total. The summed E-state index contributed by atoms with van der Waals surface area (Å²) in [6, 6.07) is 5.20. The number of benzene rings is 1. The second-order valence-electron chi connectivity index (χ2n) is 3.71.